The first kappa shape index (κ1) is 17.7. The monoisotopic (exact) mass is 388 g/mol. The molecule has 2 aliphatic rings. The third-order valence-electron chi connectivity index (χ3n) is 5.60. The number of aryl methyl sites for hydroxylation is 2. The molecule has 1 aromatic heterocycles. The number of carbonyl (C=O) groups excluding carboxylic acids is 2. The Morgan fingerprint density at radius 1 is 0.862 bits per heavy atom. The minimum absolute atomic E-state index is 0.277. The maximum absolute atomic E-state index is 13.4. The van der Waals surface area contributed by atoms with Crippen molar-refractivity contribution in [1.82, 2.24) is 0 Å². The van der Waals surface area contributed by atoms with Crippen LogP contribution in [0, 0.1) is 19.8 Å². The van der Waals surface area contributed by atoms with Crippen LogP contribution in [-0.2, 0) is 14.4 Å². The first-order chi connectivity index (χ1) is 14.1. The number of benzene rings is 2. The van der Waals surface area contributed by atoms with Crippen molar-refractivity contribution in [2.75, 3.05) is 9.96 Å². The Hall–Kier alpha value is -3.38. The molecule has 2 aliphatic heterocycles. The normalized spacial score (nSPS) is 23.7. The first-order valence-corrected chi connectivity index (χ1v) is 9.56. The number of para-hydroxylation sites is 1. The van der Waals surface area contributed by atoms with Crippen molar-refractivity contribution < 1.29 is 18.8 Å². The van der Waals surface area contributed by atoms with Crippen LogP contribution in [0.5, 0.6) is 0 Å². The second-order valence-corrected chi connectivity index (χ2v) is 7.47. The van der Waals surface area contributed by atoms with Gasteiger partial charge in [0.25, 0.3) is 5.91 Å². The van der Waals surface area contributed by atoms with Gasteiger partial charge in [-0.15, -0.1) is 0 Å². The van der Waals surface area contributed by atoms with E-state index in [-0.39, 0.29) is 11.8 Å². The van der Waals surface area contributed by atoms with Gasteiger partial charge in [0, 0.05) is 0 Å². The van der Waals surface area contributed by atoms with Crippen LogP contribution in [0.3, 0.4) is 0 Å². The Labute approximate surface area is 168 Å². The van der Waals surface area contributed by atoms with Crippen molar-refractivity contribution in [3.63, 3.8) is 0 Å². The average Bonchev–Trinajstić information content (AvgIpc) is 3.41. The summed E-state index contributed by atoms with van der Waals surface area (Å²) in [4.78, 5) is 33.9. The minimum atomic E-state index is -0.890. The summed E-state index contributed by atoms with van der Waals surface area (Å²) in [6, 6.07) is 18.1. The Bertz CT molecular complexity index is 1070. The van der Waals surface area contributed by atoms with Crippen LogP contribution in [0.15, 0.2) is 71.3 Å². The van der Waals surface area contributed by atoms with Crippen molar-refractivity contribution in [3.05, 3.63) is 83.8 Å². The molecule has 6 heteroatoms. The molecule has 5 rings (SSSR count). The van der Waals surface area contributed by atoms with E-state index in [0.29, 0.717) is 11.4 Å². The smallest absolute Gasteiger partial charge is 0.266 e. The zero-order valence-electron chi connectivity index (χ0n) is 16.1. The van der Waals surface area contributed by atoms with Crippen LogP contribution in [0.1, 0.15) is 22.9 Å². The summed E-state index contributed by atoms with van der Waals surface area (Å²) in [6.45, 7) is 3.93. The Balaban J connectivity index is 1.58. The summed E-state index contributed by atoms with van der Waals surface area (Å²) in [6.07, 6.45) is 0.677. The summed E-state index contributed by atoms with van der Waals surface area (Å²) in [5.41, 5.74) is 3.41. The molecule has 2 aromatic carbocycles. The summed E-state index contributed by atoms with van der Waals surface area (Å²) in [7, 11) is 0. The fourth-order valence-electron chi connectivity index (χ4n) is 4.13. The van der Waals surface area contributed by atoms with E-state index in [0.717, 1.165) is 16.8 Å². The summed E-state index contributed by atoms with van der Waals surface area (Å²) in [5.74, 6) is -0.722. The summed E-state index contributed by atoms with van der Waals surface area (Å²) >= 11 is 0. The Kier molecular flexibility index (Phi) is 4.03. The number of imide groups is 1. The molecule has 3 atom stereocenters. The van der Waals surface area contributed by atoms with Gasteiger partial charge in [0.2, 0.25) is 5.91 Å². The van der Waals surface area contributed by atoms with Gasteiger partial charge in [-0.25, -0.2) is 9.96 Å². The van der Waals surface area contributed by atoms with Gasteiger partial charge < -0.3 is 4.42 Å². The number of fused-ring (bicyclic) bond motifs is 1. The average molecular weight is 388 g/mol. The van der Waals surface area contributed by atoms with Gasteiger partial charge in [-0.2, -0.15) is 0 Å². The lowest BCUT2D eigenvalue weighted by atomic mass is 9.94. The number of hydroxylamine groups is 1. The lowest BCUT2D eigenvalue weighted by Crippen LogP contribution is -2.37. The van der Waals surface area contributed by atoms with Gasteiger partial charge >= 0.3 is 0 Å². The second-order valence-electron chi connectivity index (χ2n) is 7.47. The molecule has 2 amide bonds. The Morgan fingerprint density at radius 3 is 2.31 bits per heavy atom. The number of furan rings is 1. The number of anilines is 2. The molecule has 0 saturated carbocycles. The highest BCUT2D eigenvalue weighted by atomic mass is 16.7. The number of hydrogen-bond acceptors (Lipinski definition) is 5. The number of nitrogens with zero attached hydrogens (tertiary/aromatic N) is 2. The second kappa shape index (κ2) is 6.60. The van der Waals surface area contributed by atoms with Crippen molar-refractivity contribution in [3.8, 4) is 0 Å². The largest absolute Gasteiger partial charge is 0.467 e. The van der Waals surface area contributed by atoms with Gasteiger partial charge in [-0.05, 0) is 49.7 Å². The molecule has 0 radical (unpaired) electrons. The van der Waals surface area contributed by atoms with E-state index in [4.69, 9.17) is 9.25 Å². The number of hydrogen-bond donors (Lipinski definition) is 0. The maximum atomic E-state index is 13.4. The van der Waals surface area contributed by atoms with E-state index in [1.54, 1.807) is 29.5 Å². The quantitative estimate of drug-likeness (QED) is 0.636. The fourth-order valence-corrected chi connectivity index (χ4v) is 4.13. The van der Waals surface area contributed by atoms with Gasteiger partial charge in [0.05, 0.1) is 17.6 Å². The molecule has 2 saturated heterocycles. The third-order valence-corrected chi connectivity index (χ3v) is 5.60. The van der Waals surface area contributed by atoms with Crippen molar-refractivity contribution in [2.45, 2.75) is 26.0 Å². The molecule has 0 spiro atoms. The molecule has 2 fully saturated rings. The zero-order valence-corrected chi connectivity index (χ0v) is 16.1. The number of amides is 2. The van der Waals surface area contributed by atoms with Crippen LogP contribution < -0.4 is 9.96 Å². The predicted molar refractivity (Wildman–Crippen MR) is 107 cm³/mol. The molecule has 0 unspecified atom stereocenters. The van der Waals surface area contributed by atoms with Crippen LogP contribution in [0.4, 0.5) is 11.4 Å². The lowest BCUT2D eigenvalue weighted by Gasteiger charge is -2.28. The molecule has 0 N–H and O–H groups in total. The van der Waals surface area contributed by atoms with Gasteiger partial charge in [-0.3, -0.25) is 14.4 Å². The topological polar surface area (TPSA) is 63.0 Å². The molecule has 6 nitrogen and oxygen atoms in total. The third kappa shape index (κ3) is 2.68. The minimum Gasteiger partial charge on any atom is -0.467 e. The highest BCUT2D eigenvalue weighted by molar-refractivity contribution is 6.23. The Morgan fingerprint density at radius 2 is 1.62 bits per heavy atom. The van der Waals surface area contributed by atoms with Crippen molar-refractivity contribution >= 4 is 23.2 Å². The van der Waals surface area contributed by atoms with Gasteiger partial charge in [0.15, 0.2) is 6.10 Å². The first-order valence-electron chi connectivity index (χ1n) is 9.56. The van der Waals surface area contributed by atoms with E-state index < -0.39 is 18.1 Å². The predicted octanol–water partition coefficient (Wildman–Crippen LogP) is 3.95. The highest BCUT2D eigenvalue weighted by Crippen LogP contribution is 2.48. The molecule has 146 valence electrons. The van der Waals surface area contributed by atoms with Gasteiger partial charge in [0.1, 0.15) is 17.7 Å². The number of rotatable bonds is 3. The van der Waals surface area contributed by atoms with Crippen LogP contribution in [-0.4, -0.2) is 17.9 Å². The highest BCUT2D eigenvalue weighted by Gasteiger charge is 2.61. The zero-order chi connectivity index (χ0) is 20.1. The van der Waals surface area contributed by atoms with E-state index in [1.165, 1.54) is 4.90 Å². The summed E-state index contributed by atoms with van der Waals surface area (Å²) < 4.78 is 5.65. The lowest BCUT2D eigenvalue weighted by molar-refractivity contribution is -0.126. The van der Waals surface area contributed by atoms with Crippen LogP contribution >= 0.6 is 0 Å². The van der Waals surface area contributed by atoms with Crippen molar-refractivity contribution in [1.29, 1.82) is 0 Å². The molecule has 0 aliphatic carbocycles. The fraction of sp³-hybridized carbons (Fsp3) is 0.217. The molecule has 3 heterocycles. The van der Waals surface area contributed by atoms with E-state index in [1.807, 2.05) is 56.3 Å². The maximum Gasteiger partial charge on any atom is 0.266 e. The summed E-state index contributed by atoms with van der Waals surface area (Å²) in [5, 5.41) is 1.66. The molecule has 3 aromatic rings. The molecular formula is C23H20N2O4. The molecular weight excluding hydrogens is 368 g/mol. The van der Waals surface area contributed by atoms with E-state index >= 15 is 0 Å². The van der Waals surface area contributed by atoms with Crippen LogP contribution in [0.2, 0.25) is 0 Å². The van der Waals surface area contributed by atoms with E-state index in [9.17, 15) is 9.59 Å². The standard InChI is InChI=1S/C23H20N2O4/c1-14-9-11-16(12-10-14)24-22(26)19-20(18-8-5-13-28-18)25(29-21(19)23(24)27)17-7-4-3-6-15(17)2/h3-13,19-21H,1-2H3/t19-,20-,21+/m0/s1. The molecule has 0 bridgehead atoms. The van der Waals surface area contributed by atoms with E-state index in [2.05, 4.69) is 0 Å². The SMILES string of the molecule is Cc1ccc(N2C(=O)[C@@H]3[C@@H](ON(c4ccccc4C)[C@H]3c3ccco3)C2=O)cc1. The van der Waals surface area contributed by atoms with Gasteiger partial charge in [-0.1, -0.05) is 35.9 Å². The van der Waals surface area contributed by atoms with Crippen molar-refractivity contribution in [2.24, 2.45) is 5.92 Å². The number of carbonyl (C=O) groups is 2. The van der Waals surface area contributed by atoms with Crippen LogP contribution in [0.25, 0.3) is 0 Å². The molecule has 29 heavy (non-hydrogen) atoms.